The molecule has 3 aliphatic carbocycles. The number of para-hydroxylation sites is 1. The Morgan fingerprint density at radius 3 is 2.14 bits per heavy atom. The number of hydrogen-bond acceptors (Lipinski definition) is 5. The van der Waals surface area contributed by atoms with Gasteiger partial charge in [-0.3, -0.25) is 0 Å². The van der Waals surface area contributed by atoms with Crippen molar-refractivity contribution >= 4 is 11.9 Å². The number of fused-ring (bicyclic) bond motifs is 7. The molecule has 2 saturated carbocycles. The predicted octanol–water partition coefficient (Wildman–Crippen LogP) is 5.36. The summed E-state index contributed by atoms with van der Waals surface area (Å²) >= 11 is 0. The molecule has 178 valence electrons. The minimum Gasteiger partial charge on any atom is -0.496 e. The number of esters is 2. The van der Waals surface area contributed by atoms with E-state index in [0.29, 0.717) is 28.7 Å². The van der Waals surface area contributed by atoms with Crippen molar-refractivity contribution in [3.8, 4) is 5.75 Å². The average molecular weight is 469 g/mol. The molecular weight excluding hydrogens is 440 g/mol. The number of rotatable bonds is 5. The van der Waals surface area contributed by atoms with Gasteiger partial charge in [-0.1, -0.05) is 54.6 Å². The summed E-state index contributed by atoms with van der Waals surface area (Å²) in [5.41, 5.74) is 4.52. The zero-order chi connectivity index (χ0) is 24.1. The Bertz CT molecular complexity index is 1300. The summed E-state index contributed by atoms with van der Waals surface area (Å²) in [7, 11) is 1.54. The third kappa shape index (κ3) is 3.53. The molecule has 0 radical (unpaired) electrons. The molecule has 5 heteroatoms. The van der Waals surface area contributed by atoms with Crippen molar-refractivity contribution in [3.05, 3.63) is 101 Å². The highest BCUT2D eigenvalue weighted by atomic mass is 16.6. The molecule has 6 rings (SSSR count). The normalized spacial score (nSPS) is 27.7. The maximum Gasteiger partial charge on any atom is 0.342 e. The second-order valence-electron chi connectivity index (χ2n) is 9.91. The van der Waals surface area contributed by atoms with Crippen LogP contribution in [0.3, 0.4) is 0 Å². The van der Waals surface area contributed by atoms with Gasteiger partial charge in [0.2, 0.25) is 0 Å². The lowest BCUT2D eigenvalue weighted by Gasteiger charge is -2.37. The van der Waals surface area contributed by atoms with E-state index >= 15 is 0 Å². The van der Waals surface area contributed by atoms with Crippen molar-refractivity contribution < 1.29 is 23.8 Å². The van der Waals surface area contributed by atoms with Gasteiger partial charge in [0, 0.05) is 11.8 Å². The van der Waals surface area contributed by atoms with Crippen LogP contribution in [0.4, 0.5) is 0 Å². The first-order valence-corrected chi connectivity index (χ1v) is 12.2. The maximum atomic E-state index is 13.3. The Kier molecular flexibility index (Phi) is 5.36. The van der Waals surface area contributed by atoms with Gasteiger partial charge in [0.1, 0.15) is 23.5 Å². The fourth-order valence-corrected chi connectivity index (χ4v) is 6.76. The van der Waals surface area contributed by atoms with Gasteiger partial charge in [0.05, 0.1) is 12.7 Å². The molecule has 35 heavy (non-hydrogen) atoms. The first-order valence-electron chi connectivity index (χ1n) is 12.2. The number of benzene rings is 3. The van der Waals surface area contributed by atoms with E-state index in [2.05, 4.69) is 24.3 Å². The summed E-state index contributed by atoms with van der Waals surface area (Å²) in [4.78, 5) is 26.5. The first-order chi connectivity index (χ1) is 17.1. The van der Waals surface area contributed by atoms with Crippen molar-refractivity contribution in [2.45, 2.75) is 37.9 Å². The highest BCUT2D eigenvalue weighted by Crippen LogP contribution is 2.62. The molecule has 0 amide bonds. The first kappa shape index (κ1) is 21.9. The van der Waals surface area contributed by atoms with E-state index in [9.17, 15) is 9.59 Å². The molecule has 3 aromatic carbocycles. The monoisotopic (exact) mass is 468 g/mol. The molecule has 3 aliphatic rings. The molecule has 0 spiro atoms. The lowest BCUT2D eigenvalue weighted by atomic mass is 9.76. The van der Waals surface area contributed by atoms with E-state index < -0.39 is 18.2 Å². The van der Waals surface area contributed by atoms with Gasteiger partial charge >= 0.3 is 11.9 Å². The summed E-state index contributed by atoms with van der Waals surface area (Å²) < 4.78 is 17.7. The zero-order valence-corrected chi connectivity index (χ0v) is 19.8. The van der Waals surface area contributed by atoms with Gasteiger partial charge < -0.3 is 14.2 Å². The molecule has 6 atom stereocenters. The number of aryl methyl sites for hydroxylation is 1. The lowest BCUT2D eigenvalue weighted by molar-refractivity contribution is -0.0699. The number of hydrogen-bond donors (Lipinski definition) is 0. The summed E-state index contributed by atoms with van der Waals surface area (Å²) in [5.74, 6) is 0.655. The minimum atomic E-state index is -0.488. The average Bonchev–Trinajstić information content (AvgIpc) is 3.54. The Hall–Kier alpha value is -3.60. The van der Waals surface area contributed by atoms with Gasteiger partial charge in [-0.15, -0.1) is 0 Å². The molecule has 3 aromatic rings. The summed E-state index contributed by atoms with van der Waals surface area (Å²) in [5, 5.41) is 0. The molecule has 0 N–H and O–H groups in total. The van der Waals surface area contributed by atoms with Crippen LogP contribution in [0.15, 0.2) is 72.8 Å². The zero-order valence-electron chi connectivity index (χ0n) is 19.8. The summed E-state index contributed by atoms with van der Waals surface area (Å²) in [6, 6.07) is 23.1. The van der Waals surface area contributed by atoms with Gasteiger partial charge in [0.15, 0.2) is 0 Å². The molecule has 6 unspecified atom stereocenters. The van der Waals surface area contributed by atoms with Crippen molar-refractivity contribution in [2.75, 3.05) is 7.11 Å². The third-order valence-corrected chi connectivity index (χ3v) is 8.23. The largest absolute Gasteiger partial charge is 0.496 e. The van der Waals surface area contributed by atoms with Crippen LogP contribution in [0.1, 0.15) is 49.7 Å². The highest BCUT2D eigenvalue weighted by molar-refractivity contribution is 5.93. The Labute approximate surface area is 205 Å². The lowest BCUT2D eigenvalue weighted by Crippen LogP contribution is -2.45. The molecule has 5 nitrogen and oxygen atoms in total. The van der Waals surface area contributed by atoms with E-state index in [-0.39, 0.29) is 17.8 Å². The van der Waals surface area contributed by atoms with E-state index in [4.69, 9.17) is 14.2 Å². The van der Waals surface area contributed by atoms with Gasteiger partial charge in [0.25, 0.3) is 0 Å². The van der Waals surface area contributed by atoms with E-state index in [1.165, 1.54) is 18.2 Å². The van der Waals surface area contributed by atoms with Crippen LogP contribution in [-0.4, -0.2) is 31.3 Å². The van der Waals surface area contributed by atoms with Gasteiger partial charge in [-0.25, -0.2) is 9.59 Å². The number of methoxy groups -OCH3 is 1. The standard InChI is InChI=1S/C30H28O5/c1-17-9-3-5-11-19(17)29(31)35-28-24-16-23(22-15-18-10-4-6-12-20(18)26(22)24)27(28)34-30(32)21-13-7-8-14-25(21)33-2/h3-14,22-24,26-28H,15-16H2,1-2H3. The number of ether oxygens (including phenoxy) is 3. The summed E-state index contributed by atoms with van der Waals surface area (Å²) in [6.45, 7) is 1.90. The fourth-order valence-electron chi connectivity index (χ4n) is 6.76. The predicted molar refractivity (Wildman–Crippen MR) is 131 cm³/mol. The van der Waals surface area contributed by atoms with Crippen LogP contribution in [-0.2, 0) is 15.9 Å². The fraction of sp³-hybridized carbons (Fsp3) is 0.333. The minimum absolute atomic E-state index is 0.122. The smallest absolute Gasteiger partial charge is 0.342 e. The Morgan fingerprint density at radius 1 is 0.743 bits per heavy atom. The van der Waals surface area contributed by atoms with Crippen LogP contribution in [0, 0.1) is 24.7 Å². The van der Waals surface area contributed by atoms with Crippen molar-refractivity contribution in [1.82, 2.24) is 0 Å². The summed E-state index contributed by atoms with van der Waals surface area (Å²) in [6.07, 6.45) is 0.890. The molecular formula is C30H28O5. The van der Waals surface area contributed by atoms with Crippen molar-refractivity contribution in [3.63, 3.8) is 0 Å². The Balaban J connectivity index is 1.33. The molecule has 0 aliphatic heterocycles. The van der Waals surface area contributed by atoms with Crippen LogP contribution in [0.25, 0.3) is 0 Å². The maximum absolute atomic E-state index is 13.3. The Morgan fingerprint density at radius 2 is 1.37 bits per heavy atom. The molecule has 0 aromatic heterocycles. The van der Waals surface area contributed by atoms with E-state index in [1.54, 1.807) is 24.3 Å². The second kappa shape index (κ2) is 8.56. The van der Waals surface area contributed by atoms with E-state index in [0.717, 1.165) is 18.4 Å². The third-order valence-electron chi connectivity index (χ3n) is 8.23. The molecule has 2 bridgehead atoms. The number of carbonyl (C=O) groups is 2. The SMILES string of the molecule is COc1ccccc1C(=O)OC1C2CC(C1OC(=O)c1ccccc1C)C1c3ccccc3CC21. The molecule has 2 fully saturated rings. The van der Waals surface area contributed by atoms with Crippen LogP contribution in [0.5, 0.6) is 5.75 Å². The second-order valence-corrected chi connectivity index (χ2v) is 9.91. The van der Waals surface area contributed by atoms with Gasteiger partial charge in [-0.05, 0) is 66.5 Å². The number of carbonyl (C=O) groups excluding carboxylic acids is 2. The quantitative estimate of drug-likeness (QED) is 0.472. The van der Waals surface area contributed by atoms with Crippen LogP contribution >= 0.6 is 0 Å². The van der Waals surface area contributed by atoms with Crippen molar-refractivity contribution in [2.24, 2.45) is 17.8 Å². The molecule has 0 heterocycles. The van der Waals surface area contributed by atoms with Gasteiger partial charge in [-0.2, -0.15) is 0 Å². The van der Waals surface area contributed by atoms with Crippen molar-refractivity contribution in [1.29, 1.82) is 0 Å². The van der Waals surface area contributed by atoms with E-state index in [1.807, 2.05) is 31.2 Å². The molecule has 0 saturated heterocycles. The van der Waals surface area contributed by atoms with Crippen LogP contribution in [0.2, 0.25) is 0 Å². The topological polar surface area (TPSA) is 61.8 Å². The highest BCUT2D eigenvalue weighted by Gasteiger charge is 2.63. The van der Waals surface area contributed by atoms with Crippen LogP contribution < -0.4 is 4.74 Å².